The van der Waals surface area contributed by atoms with Gasteiger partial charge in [-0.15, -0.1) is 0 Å². The molecule has 2 N–H and O–H groups in total. The van der Waals surface area contributed by atoms with Crippen LogP contribution in [0.5, 0.6) is 0 Å². The molecule has 24 heavy (non-hydrogen) atoms. The highest BCUT2D eigenvalue weighted by Gasteiger charge is 2.11. The van der Waals surface area contributed by atoms with Gasteiger partial charge in [-0.2, -0.15) is 0 Å². The number of ketones is 1. The van der Waals surface area contributed by atoms with Crippen LogP contribution in [0.1, 0.15) is 45.5 Å². The Bertz CT molecular complexity index is 751. The second kappa shape index (κ2) is 7.41. The maximum atomic E-state index is 12.1. The lowest BCUT2D eigenvalue weighted by Gasteiger charge is -2.07. The fraction of sp³-hybridized carbons (Fsp3) is 0.300. The van der Waals surface area contributed by atoms with E-state index in [1.165, 1.54) is 11.1 Å². The van der Waals surface area contributed by atoms with Crippen molar-refractivity contribution < 1.29 is 9.59 Å². The predicted octanol–water partition coefficient (Wildman–Crippen LogP) is 2.88. The monoisotopic (exact) mass is 322 g/mol. The van der Waals surface area contributed by atoms with E-state index >= 15 is 0 Å². The molecule has 4 nitrogen and oxygen atoms in total. The maximum Gasteiger partial charge on any atom is 0.220 e. The van der Waals surface area contributed by atoms with Crippen LogP contribution in [0, 0.1) is 6.92 Å². The van der Waals surface area contributed by atoms with E-state index in [-0.39, 0.29) is 24.5 Å². The third kappa shape index (κ3) is 4.09. The summed E-state index contributed by atoms with van der Waals surface area (Å²) in [5, 5.41) is 6.20. The molecule has 1 amide bonds. The summed E-state index contributed by atoms with van der Waals surface area (Å²) in [5.74, 6) is -0.0807. The Labute approximate surface area is 142 Å². The molecule has 2 aromatic carbocycles. The van der Waals surface area contributed by atoms with Crippen molar-refractivity contribution in [2.45, 2.75) is 39.4 Å². The normalized spacial score (nSPS) is 12.7. The van der Waals surface area contributed by atoms with E-state index in [2.05, 4.69) is 22.8 Å². The first kappa shape index (κ1) is 16.4. The molecule has 0 saturated heterocycles. The summed E-state index contributed by atoms with van der Waals surface area (Å²) in [4.78, 5) is 24.0. The number of benzene rings is 2. The molecule has 0 unspecified atom stereocenters. The highest BCUT2D eigenvalue weighted by atomic mass is 16.2. The van der Waals surface area contributed by atoms with Crippen LogP contribution in [0.25, 0.3) is 0 Å². The predicted molar refractivity (Wildman–Crippen MR) is 93.6 cm³/mol. The summed E-state index contributed by atoms with van der Waals surface area (Å²) in [6.07, 6.45) is 0.461. The molecule has 0 fully saturated rings. The number of hydrogen-bond acceptors (Lipinski definition) is 3. The first-order valence-corrected chi connectivity index (χ1v) is 8.30. The highest BCUT2D eigenvalue weighted by molar-refractivity contribution is 5.97. The topological polar surface area (TPSA) is 58.2 Å². The molecule has 0 atom stereocenters. The average Bonchev–Trinajstić information content (AvgIpc) is 3.06. The van der Waals surface area contributed by atoms with Crippen molar-refractivity contribution in [3.8, 4) is 0 Å². The van der Waals surface area contributed by atoms with Crippen LogP contribution in [0.4, 0.5) is 0 Å². The van der Waals surface area contributed by atoms with Crippen LogP contribution >= 0.6 is 0 Å². The largest absolute Gasteiger partial charge is 0.352 e. The van der Waals surface area contributed by atoms with Gasteiger partial charge in [0.1, 0.15) is 0 Å². The van der Waals surface area contributed by atoms with Crippen molar-refractivity contribution in [2.75, 3.05) is 0 Å². The van der Waals surface area contributed by atoms with E-state index in [4.69, 9.17) is 0 Å². The van der Waals surface area contributed by atoms with Gasteiger partial charge in [0.15, 0.2) is 5.78 Å². The standard InChI is InChI=1S/C20H22N2O2/c1-14-2-5-16(6-3-14)19(23)8-9-20(24)22-11-15-4-7-17-12-21-13-18(17)10-15/h2-7,10,21H,8-9,11-13H2,1H3,(H,22,24). The van der Waals surface area contributed by atoms with Gasteiger partial charge in [-0.25, -0.2) is 0 Å². The molecule has 0 bridgehead atoms. The van der Waals surface area contributed by atoms with Gasteiger partial charge in [0.05, 0.1) is 0 Å². The zero-order chi connectivity index (χ0) is 16.9. The molecule has 0 aromatic heterocycles. The van der Waals surface area contributed by atoms with Crippen molar-refractivity contribution in [1.82, 2.24) is 10.6 Å². The van der Waals surface area contributed by atoms with Crippen LogP contribution < -0.4 is 10.6 Å². The quantitative estimate of drug-likeness (QED) is 0.804. The molecule has 4 heteroatoms. The summed E-state index contributed by atoms with van der Waals surface area (Å²) in [6.45, 7) is 4.30. The van der Waals surface area contributed by atoms with Crippen molar-refractivity contribution in [1.29, 1.82) is 0 Å². The summed E-state index contributed by atoms with van der Waals surface area (Å²) in [7, 11) is 0. The Morgan fingerprint density at radius 1 is 1.00 bits per heavy atom. The summed E-state index contributed by atoms with van der Waals surface area (Å²) >= 11 is 0. The molecule has 0 spiro atoms. The van der Waals surface area contributed by atoms with Crippen LogP contribution in [0.3, 0.4) is 0 Å². The van der Waals surface area contributed by atoms with Crippen LogP contribution in [0.2, 0.25) is 0 Å². The Hall–Kier alpha value is -2.46. The molecule has 0 aliphatic carbocycles. The Balaban J connectivity index is 1.46. The number of amides is 1. The number of aryl methyl sites for hydroxylation is 1. The first-order chi connectivity index (χ1) is 11.6. The molecular weight excluding hydrogens is 300 g/mol. The fourth-order valence-corrected chi connectivity index (χ4v) is 2.86. The van der Waals surface area contributed by atoms with Crippen molar-refractivity contribution in [2.24, 2.45) is 0 Å². The molecular formula is C20H22N2O2. The van der Waals surface area contributed by atoms with E-state index in [1.807, 2.05) is 37.3 Å². The SMILES string of the molecule is Cc1ccc(C(=O)CCC(=O)NCc2ccc3c(c2)CNC3)cc1. The van der Waals surface area contributed by atoms with E-state index in [0.29, 0.717) is 12.1 Å². The lowest BCUT2D eigenvalue weighted by molar-refractivity contribution is -0.121. The second-order valence-corrected chi connectivity index (χ2v) is 6.27. The van der Waals surface area contributed by atoms with Crippen molar-refractivity contribution in [3.63, 3.8) is 0 Å². The van der Waals surface area contributed by atoms with Gasteiger partial charge < -0.3 is 10.6 Å². The van der Waals surface area contributed by atoms with Crippen molar-refractivity contribution >= 4 is 11.7 Å². The lowest BCUT2D eigenvalue weighted by Crippen LogP contribution is -2.23. The molecule has 1 aliphatic rings. The Morgan fingerprint density at radius 3 is 2.54 bits per heavy atom. The molecule has 1 aliphatic heterocycles. The lowest BCUT2D eigenvalue weighted by atomic mass is 10.0. The van der Waals surface area contributed by atoms with Gasteiger partial charge in [-0.1, -0.05) is 48.0 Å². The van der Waals surface area contributed by atoms with Crippen LogP contribution in [-0.4, -0.2) is 11.7 Å². The van der Waals surface area contributed by atoms with E-state index in [1.54, 1.807) is 0 Å². The van der Waals surface area contributed by atoms with Gasteiger partial charge >= 0.3 is 0 Å². The fourth-order valence-electron chi connectivity index (χ4n) is 2.86. The van der Waals surface area contributed by atoms with Gasteiger partial charge in [-0.3, -0.25) is 9.59 Å². The Kier molecular flexibility index (Phi) is 5.06. The molecule has 0 saturated carbocycles. The van der Waals surface area contributed by atoms with Crippen molar-refractivity contribution in [3.05, 3.63) is 70.3 Å². The van der Waals surface area contributed by atoms with Gasteiger partial charge in [0, 0.05) is 38.0 Å². The molecule has 2 aromatic rings. The third-order valence-corrected chi connectivity index (χ3v) is 4.34. The second-order valence-electron chi connectivity index (χ2n) is 6.27. The van der Waals surface area contributed by atoms with E-state index in [0.717, 1.165) is 24.2 Å². The summed E-state index contributed by atoms with van der Waals surface area (Å²) in [6, 6.07) is 13.7. The van der Waals surface area contributed by atoms with Gasteiger partial charge in [-0.05, 0) is 23.6 Å². The minimum atomic E-state index is -0.0888. The number of nitrogens with one attached hydrogen (secondary N) is 2. The molecule has 124 valence electrons. The zero-order valence-electron chi connectivity index (χ0n) is 13.9. The van der Waals surface area contributed by atoms with Crippen LogP contribution in [0.15, 0.2) is 42.5 Å². The molecule has 0 radical (unpaired) electrons. The summed E-state index contributed by atoms with van der Waals surface area (Å²) < 4.78 is 0. The zero-order valence-corrected chi connectivity index (χ0v) is 13.9. The smallest absolute Gasteiger partial charge is 0.220 e. The summed E-state index contributed by atoms with van der Waals surface area (Å²) in [5.41, 5.74) is 5.51. The first-order valence-electron chi connectivity index (χ1n) is 8.30. The minimum Gasteiger partial charge on any atom is -0.352 e. The number of carbonyl (C=O) groups excluding carboxylic acids is 2. The maximum absolute atomic E-state index is 12.1. The minimum absolute atomic E-state index is 0.00811. The number of Topliss-reactive ketones (excluding diaryl/α,β-unsaturated/α-hetero) is 1. The Morgan fingerprint density at radius 2 is 1.75 bits per heavy atom. The number of carbonyl (C=O) groups is 2. The van der Waals surface area contributed by atoms with Crippen LogP contribution in [-0.2, 0) is 24.4 Å². The number of hydrogen-bond donors (Lipinski definition) is 2. The average molecular weight is 322 g/mol. The molecule has 1 heterocycles. The van der Waals surface area contributed by atoms with E-state index in [9.17, 15) is 9.59 Å². The van der Waals surface area contributed by atoms with Gasteiger partial charge in [0.25, 0.3) is 0 Å². The number of rotatable bonds is 6. The highest BCUT2D eigenvalue weighted by Crippen LogP contribution is 2.17. The molecule has 3 rings (SSSR count). The third-order valence-electron chi connectivity index (χ3n) is 4.34. The van der Waals surface area contributed by atoms with E-state index < -0.39 is 0 Å². The van der Waals surface area contributed by atoms with Gasteiger partial charge in [0.2, 0.25) is 5.91 Å². The number of fused-ring (bicyclic) bond motifs is 1.